The minimum absolute atomic E-state index is 0.202. The van der Waals surface area contributed by atoms with E-state index in [1.54, 1.807) is 18.3 Å². The van der Waals surface area contributed by atoms with E-state index in [0.29, 0.717) is 12.1 Å². The maximum absolute atomic E-state index is 13.2. The van der Waals surface area contributed by atoms with Gasteiger partial charge >= 0.3 is 6.18 Å². The highest BCUT2D eigenvalue weighted by molar-refractivity contribution is 5.95. The van der Waals surface area contributed by atoms with Crippen molar-refractivity contribution in [1.82, 2.24) is 4.98 Å². The van der Waals surface area contributed by atoms with Crippen LogP contribution in [-0.2, 0) is 11.0 Å². The summed E-state index contributed by atoms with van der Waals surface area (Å²) in [4.78, 5) is 19.0. The lowest BCUT2D eigenvalue weighted by molar-refractivity contribution is -0.138. The van der Waals surface area contributed by atoms with Crippen molar-refractivity contribution in [2.24, 2.45) is 5.92 Å². The molecule has 1 saturated carbocycles. The van der Waals surface area contributed by atoms with Crippen molar-refractivity contribution in [3.05, 3.63) is 53.7 Å². The molecule has 2 aliphatic rings. The van der Waals surface area contributed by atoms with Gasteiger partial charge in [0.05, 0.1) is 17.4 Å². The summed E-state index contributed by atoms with van der Waals surface area (Å²) in [5, 5.41) is 2.78. The number of amides is 1. The number of hydrogen-bond acceptors (Lipinski definition) is 3. The Balaban J connectivity index is 1.41. The molecule has 4 nitrogen and oxygen atoms in total. The molecule has 27 heavy (non-hydrogen) atoms. The van der Waals surface area contributed by atoms with Crippen LogP contribution in [0.25, 0.3) is 0 Å². The van der Waals surface area contributed by atoms with Crippen molar-refractivity contribution in [1.29, 1.82) is 0 Å². The number of carbonyl (C=O) groups is 1. The summed E-state index contributed by atoms with van der Waals surface area (Å²) in [6.07, 6.45) is -0.0639. The van der Waals surface area contributed by atoms with Crippen LogP contribution in [-0.4, -0.2) is 24.0 Å². The fraction of sp³-hybridized carbons (Fsp3) is 0.400. The molecule has 1 aromatic heterocycles. The molecule has 142 valence electrons. The Kier molecular flexibility index (Phi) is 4.53. The standard InChI is InChI=1S/C20H20F3N3O/c21-20(22,23)17-6-2-1-5-14(17)15-11-16(15)19(27)25-13-7-8-18(24-12-13)26-9-3-4-10-26/h1-2,5-8,12,15-16H,3-4,9-11H2,(H,25,27). The third-order valence-corrected chi connectivity index (χ3v) is 5.24. The molecule has 0 radical (unpaired) electrons. The third-order valence-electron chi connectivity index (χ3n) is 5.24. The summed E-state index contributed by atoms with van der Waals surface area (Å²) in [5.41, 5.74) is 0.118. The SMILES string of the molecule is O=C(Nc1ccc(N2CCCC2)nc1)C1CC1c1ccccc1C(F)(F)F. The zero-order valence-electron chi connectivity index (χ0n) is 14.7. The van der Waals surface area contributed by atoms with E-state index in [0.717, 1.165) is 37.8 Å². The summed E-state index contributed by atoms with van der Waals surface area (Å²) < 4.78 is 39.5. The summed E-state index contributed by atoms with van der Waals surface area (Å²) in [7, 11) is 0. The largest absolute Gasteiger partial charge is 0.416 e. The van der Waals surface area contributed by atoms with Crippen molar-refractivity contribution in [3.8, 4) is 0 Å². The quantitative estimate of drug-likeness (QED) is 0.859. The lowest BCUT2D eigenvalue weighted by atomic mass is 10.0. The van der Waals surface area contributed by atoms with Gasteiger partial charge in [-0.2, -0.15) is 13.2 Å². The predicted octanol–water partition coefficient (Wildman–Crippen LogP) is 4.44. The van der Waals surface area contributed by atoms with E-state index in [2.05, 4.69) is 15.2 Å². The Morgan fingerprint density at radius 3 is 2.52 bits per heavy atom. The maximum atomic E-state index is 13.2. The smallest absolute Gasteiger partial charge is 0.357 e. The number of nitrogens with one attached hydrogen (secondary N) is 1. The lowest BCUT2D eigenvalue weighted by Gasteiger charge is -2.16. The van der Waals surface area contributed by atoms with Crippen LogP contribution in [0.2, 0.25) is 0 Å². The van der Waals surface area contributed by atoms with Gasteiger partial charge < -0.3 is 10.2 Å². The minimum atomic E-state index is -4.41. The van der Waals surface area contributed by atoms with Crippen LogP contribution in [0.1, 0.15) is 36.3 Å². The molecule has 2 fully saturated rings. The Morgan fingerprint density at radius 1 is 1.11 bits per heavy atom. The second kappa shape index (κ2) is 6.87. The molecule has 1 aliphatic heterocycles. The number of pyridine rings is 1. The van der Waals surface area contributed by atoms with Crippen molar-refractivity contribution in [2.45, 2.75) is 31.4 Å². The zero-order valence-corrected chi connectivity index (χ0v) is 14.7. The number of aromatic nitrogens is 1. The van der Waals surface area contributed by atoms with Gasteiger partial charge in [0.2, 0.25) is 5.91 Å². The van der Waals surface area contributed by atoms with Gasteiger partial charge in [0, 0.05) is 19.0 Å². The number of hydrogen-bond donors (Lipinski definition) is 1. The Bertz CT molecular complexity index is 829. The normalized spacial score (nSPS) is 22.0. The van der Waals surface area contributed by atoms with Crippen LogP contribution in [0.15, 0.2) is 42.6 Å². The lowest BCUT2D eigenvalue weighted by Crippen LogP contribution is -2.19. The molecule has 2 aromatic rings. The molecular weight excluding hydrogens is 355 g/mol. The first-order valence-corrected chi connectivity index (χ1v) is 9.11. The zero-order chi connectivity index (χ0) is 19.0. The molecule has 4 rings (SSSR count). The average Bonchev–Trinajstić information content (AvgIpc) is 3.27. The minimum Gasteiger partial charge on any atom is -0.357 e. The van der Waals surface area contributed by atoms with E-state index < -0.39 is 17.7 Å². The van der Waals surface area contributed by atoms with Gasteiger partial charge in [-0.05, 0) is 48.9 Å². The molecule has 1 N–H and O–H groups in total. The topological polar surface area (TPSA) is 45.2 Å². The van der Waals surface area contributed by atoms with E-state index >= 15 is 0 Å². The van der Waals surface area contributed by atoms with Crippen LogP contribution in [0.3, 0.4) is 0 Å². The summed E-state index contributed by atoms with van der Waals surface area (Å²) in [6.45, 7) is 1.97. The number of benzene rings is 1. The highest BCUT2D eigenvalue weighted by Gasteiger charge is 2.47. The van der Waals surface area contributed by atoms with Crippen LogP contribution in [0, 0.1) is 5.92 Å². The maximum Gasteiger partial charge on any atom is 0.416 e. The second-order valence-corrected chi connectivity index (χ2v) is 7.12. The number of rotatable bonds is 4. The molecule has 1 aromatic carbocycles. The number of nitrogens with zero attached hydrogens (tertiary/aromatic N) is 2. The molecule has 1 amide bonds. The van der Waals surface area contributed by atoms with Gasteiger partial charge in [0.1, 0.15) is 5.82 Å². The highest BCUT2D eigenvalue weighted by Crippen LogP contribution is 2.51. The molecule has 2 heterocycles. The van der Waals surface area contributed by atoms with E-state index in [9.17, 15) is 18.0 Å². The number of carbonyl (C=O) groups excluding carboxylic acids is 1. The molecule has 0 spiro atoms. The Labute approximate surface area is 155 Å². The van der Waals surface area contributed by atoms with Gasteiger partial charge in [0.15, 0.2) is 0 Å². The van der Waals surface area contributed by atoms with E-state index in [-0.39, 0.29) is 17.4 Å². The van der Waals surface area contributed by atoms with Gasteiger partial charge in [0.25, 0.3) is 0 Å². The van der Waals surface area contributed by atoms with Gasteiger partial charge in [-0.25, -0.2) is 4.98 Å². The number of halogens is 3. The van der Waals surface area contributed by atoms with Crippen LogP contribution < -0.4 is 10.2 Å². The first-order chi connectivity index (χ1) is 12.9. The summed E-state index contributed by atoms with van der Waals surface area (Å²) in [6, 6.07) is 9.15. The molecule has 2 atom stereocenters. The fourth-order valence-corrected chi connectivity index (χ4v) is 3.74. The summed E-state index contributed by atoms with van der Waals surface area (Å²) >= 11 is 0. The van der Waals surface area contributed by atoms with Gasteiger partial charge in [-0.1, -0.05) is 18.2 Å². The highest BCUT2D eigenvalue weighted by atomic mass is 19.4. The van der Waals surface area contributed by atoms with E-state index in [4.69, 9.17) is 0 Å². The molecular formula is C20H20F3N3O. The fourth-order valence-electron chi connectivity index (χ4n) is 3.74. The van der Waals surface area contributed by atoms with Crippen LogP contribution in [0.4, 0.5) is 24.7 Å². The monoisotopic (exact) mass is 375 g/mol. The van der Waals surface area contributed by atoms with Gasteiger partial charge in [-0.15, -0.1) is 0 Å². The molecule has 7 heteroatoms. The molecule has 2 unspecified atom stereocenters. The Morgan fingerprint density at radius 2 is 1.85 bits per heavy atom. The number of anilines is 2. The molecule has 1 aliphatic carbocycles. The van der Waals surface area contributed by atoms with Crippen LogP contribution in [0.5, 0.6) is 0 Å². The predicted molar refractivity (Wildman–Crippen MR) is 96.6 cm³/mol. The second-order valence-electron chi connectivity index (χ2n) is 7.12. The third kappa shape index (κ3) is 3.77. The van der Waals surface area contributed by atoms with Crippen LogP contribution >= 0.6 is 0 Å². The Hall–Kier alpha value is -2.57. The van der Waals surface area contributed by atoms with E-state index in [1.807, 2.05) is 6.07 Å². The van der Waals surface area contributed by atoms with Gasteiger partial charge in [-0.3, -0.25) is 4.79 Å². The first-order valence-electron chi connectivity index (χ1n) is 9.11. The number of alkyl halides is 3. The van der Waals surface area contributed by atoms with Crippen molar-refractivity contribution in [2.75, 3.05) is 23.3 Å². The van der Waals surface area contributed by atoms with Crippen molar-refractivity contribution < 1.29 is 18.0 Å². The van der Waals surface area contributed by atoms with E-state index in [1.165, 1.54) is 12.1 Å². The first kappa shape index (κ1) is 17.8. The summed E-state index contributed by atoms with van der Waals surface area (Å²) in [5.74, 6) is -0.201. The molecule has 0 bridgehead atoms. The van der Waals surface area contributed by atoms with Crippen molar-refractivity contribution >= 4 is 17.4 Å². The van der Waals surface area contributed by atoms with Crippen molar-refractivity contribution in [3.63, 3.8) is 0 Å². The molecule has 1 saturated heterocycles. The average molecular weight is 375 g/mol.